The van der Waals surface area contributed by atoms with E-state index in [9.17, 15) is 19.2 Å². The van der Waals surface area contributed by atoms with Gasteiger partial charge in [-0.15, -0.1) is 0 Å². The Bertz CT molecular complexity index is 575. The van der Waals surface area contributed by atoms with E-state index < -0.39 is 18.0 Å². The molecule has 0 aromatic carbocycles. The summed E-state index contributed by atoms with van der Waals surface area (Å²) >= 11 is 0. The van der Waals surface area contributed by atoms with Gasteiger partial charge in [-0.1, -0.05) is 20.8 Å². The van der Waals surface area contributed by atoms with Crippen LogP contribution in [-0.2, 0) is 19.2 Å². The van der Waals surface area contributed by atoms with E-state index in [4.69, 9.17) is 17.2 Å². The molecule has 0 saturated carbocycles. The summed E-state index contributed by atoms with van der Waals surface area (Å²) in [5, 5.41) is 4.85. The van der Waals surface area contributed by atoms with Gasteiger partial charge >= 0.3 is 0 Å². The summed E-state index contributed by atoms with van der Waals surface area (Å²) < 4.78 is 0. The van der Waals surface area contributed by atoms with Crippen molar-refractivity contribution in [3.05, 3.63) is 0 Å². The van der Waals surface area contributed by atoms with Crippen molar-refractivity contribution in [2.45, 2.75) is 66.0 Å². The molecule has 2 atom stereocenters. The Morgan fingerprint density at radius 3 is 2.17 bits per heavy atom. The number of hydrogen-bond acceptors (Lipinski definition) is 6. The number of likely N-dealkylation sites (tertiary alicyclic amines) is 1. The molecule has 1 saturated heterocycles. The van der Waals surface area contributed by atoms with Gasteiger partial charge in [0, 0.05) is 13.1 Å². The number of aliphatic imine (C=N–C) groups is 1. The van der Waals surface area contributed by atoms with E-state index in [-0.39, 0.29) is 36.6 Å². The van der Waals surface area contributed by atoms with Gasteiger partial charge in [-0.05, 0) is 33.1 Å². The third-order valence-corrected chi connectivity index (χ3v) is 3.70. The standard InChI is InChI=1S/C13H22N4O4.C4H11N3.C2H6/c1-8(18)6-15-11(19)7-16-12(20)10-4-3-5-17(10)13(21)9(2)14;1-2-3-7-4(5)6;1-2/h9-10H,3-7,14H2,1-2H3,(H,15,19)(H,16,20);2-3H2,1H3,(H4,5,6,7);1-2H3. The molecule has 0 spiro atoms. The molecule has 11 heteroatoms. The molecule has 3 amide bonds. The van der Waals surface area contributed by atoms with Crippen LogP contribution in [0.1, 0.15) is 53.9 Å². The van der Waals surface area contributed by atoms with Gasteiger partial charge in [0.1, 0.15) is 11.8 Å². The molecule has 0 radical (unpaired) electrons. The second-order valence-corrected chi connectivity index (χ2v) is 6.48. The van der Waals surface area contributed by atoms with Crippen molar-refractivity contribution in [2.75, 3.05) is 26.2 Å². The fourth-order valence-corrected chi connectivity index (χ4v) is 2.38. The number of guanidine groups is 1. The maximum atomic E-state index is 12.0. The first-order chi connectivity index (χ1) is 14.1. The smallest absolute Gasteiger partial charge is 0.243 e. The summed E-state index contributed by atoms with van der Waals surface area (Å²) in [5.41, 5.74) is 15.6. The first-order valence-corrected chi connectivity index (χ1v) is 10.2. The summed E-state index contributed by atoms with van der Waals surface area (Å²) in [6.45, 7) is 9.90. The molecule has 1 aliphatic rings. The molecule has 30 heavy (non-hydrogen) atoms. The Morgan fingerprint density at radius 1 is 1.13 bits per heavy atom. The van der Waals surface area contributed by atoms with Crippen LogP contribution in [0, 0.1) is 0 Å². The fraction of sp³-hybridized carbons (Fsp3) is 0.737. The number of Topliss-reactive ketones (excluding diaryl/α,β-unsaturated/α-hetero) is 1. The Kier molecular flexibility index (Phi) is 16.9. The molecule has 11 nitrogen and oxygen atoms in total. The first-order valence-electron chi connectivity index (χ1n) is 10.2. The van der Waals surface area contributed by atoms with Gasteiger partial charge in [0.05, 0.1) is 19.1 Å². The molecule has 2 unspecified atom stereocenters. The maximum Gasteiger partial charge on any atom is 0.243 e. The van der Waals surface area contributed by atoms with Gasteiger partial charge in [-0.25, -0.2) is 0 Å². The average molecular weight is 430 g/mol. The number of carbonyl (C=O) groups excluding carboxylic acids is 4. The highest BCUT2D eigenvalue weighted by Gasteiger charge is 2.35. The monoisotopic (exact) mass is 429 g/mol. The van der Waals surface area contributed by atoms with Gasteiger partial charge in [-0.3, -0.25) is 24.2 Å². The molecular weight excluding hydrogens is 390 g/mol. The third-order valence-electron chi connectivity index (χ3n) is 3.70. The quantitative estimate of drug-likeness (QED) is 0.238. The lowest BCUT2D eigenvalue weighted by Crippen LogP contribution is -2.51. The highest BCUT2D eigenvalue weighted by atomic mass is 16.2. The van der Waals surface area contributed by atoms with E-state index in [1.165, 1.54) is 11.8 Å². The number of amides is 3. The number of nitrogens with zero attached hydrogens (tertiary/aromatic N) is 2. The molecule has 1 aliphatic heterocycles. The summed E-state index contributed by atoms with van der Waals surface area (Å²) in [7, 11) is 0. The van der Waals surface area contributed by atoms with Crippen molar-refractivity contribution in [2.24, 2.45) is 22.2 Å². The largest absolute Gasteiger partial charge is 0.370 e. The van der Waals surface area contributed by atoms with Crippen LogP contribution < -0.4 is 27.8 Å². The molecule has 0 bridgehead atoms. The molecule has 0 aromatic heterocycles. The van der Waals surface area contributed by atoms with Gasteiger partial charge < -0.3 is 32.7 Å². The summed E-state index contributed by atoms with van der Waals surface area (Å²) in [4.78, 5) is 51.2. The van der Waals surface area contributed by atoms with Crippen LogP contribution in [0.3, 0.4) is 0 Å². The maximum absolute atomic E-state index is 12.0. The number of ketones is 1. The molecule has 8 N–H and O–H groups in total. The van der Waals surface area contributed by atoms with Crippen molar-refractivity contribution < 1.29 is 19.2 Å². The van der Waals surface area contributed by atoms with Crippen molar-refractivity contribution in [1.82, 2.24) is 15.5 Å². The van der Waals surface area contributed by atoms with E-state index in [0.29, 0.717) is 13.0 Å². The van der Waals surface area contributed by atoms with Gasteiger partial charge in [0.25, 0.3) is 0 Å². The van der Waals surface area contributed by atoms with Crippen molar-refractivity contribution in [3.63, 3.8) is 0 Å². The number of rotatable bonds is 8. The lowest BCUT2D eigenvalue weighted by molar-refractivity contribution is -0.139. The lowest BCUT2D eigenvalue weighted by atomic mass is 10.2. The lowest BCUT2D eigenvalue weighted by Gasteiger charge is -2.25. The SMILES string of the molecule is CC.CC(=O)CNC(=O)CNC(=O)C1CCCN1C(=O)C(C)N.CCCN=C(N)N. The predicted octanol–water partition coefficient (Wildman–Crippen LogP) is -1.16. The van der Waals surface area contributed by atoms with Crippen LogP contribution in [0.15, 0.2) is 4.99 Å². The molecular formula is C19H39N7O4. The topological polar surface area (TPSA) is 186 Å². The van der Waals surface area contributed by atoms with Crippen LogP contribution in [0.25, 0.3) is 0 Å². The minimum atomic E-state index is -0.655. The molecule has 1 rings (SSSR count). The van der Waals surface area contributed by atoms with Crippen LogP contribution in [-0.4, -0.2) is 72.6 Å². The zero-order chi connectivity index (χ0) is 23.7. The second-order valence-electron chi connectivity index (χ2n) is 6.48. The molecule has 1 fully saturated rings. The minimum Gasteiger partial charge on any atom is -0.370 e. The van der Waals surface area contributed by atoms with Crippen LogP contribution in [0.4, 0.5) is 0 Å². The number of hydrogen-bond donors (Lipinski definition) is 5. The predicted molar refractivity (Wildman–Crippen MR) is 117 cm³/mol. The fourth-order valence-electron chi connectivity index (χ4n) is 2.38. The molecule has 174 valence electrons. The Hall–Kier alpha value is -2.69. The highest BCUT2D eigenvalue weighted by molar-refractivity contribution is 5.92. The number of nitrogens with one attached hydrogen (secondary N) is 2. The Morgan fingerprint density at radius 2 is 1.73 bits per heavy atom. The zero-order valence-electron chi connectivity index (χ0n) is 18.9. The number of nitrogens with two attached hydrogens (primary N) is 3. The van der Waals surface area contributed by atoms with E-state index in [0.717, 1.165) is 19.4 Å². The van der Waals surface area contributed by atoms with Gasteiger partial charge in [0.15, 0.2) is 5.96 Å². The minimum absolute atomic E-state index is 0.0621. The third kappa shape index (κ3) is 13.5. The average Bonchev–Trinajstić information content (AvgIpc) is 3.19. The van der Waals surface area contributed by atoms with Crippen LogP contribution in [0.2, 0.25) is 0 Å². The summed E-state index contributed by atoms with van der Waals surface area (Å²) in [5.74, 6) is -1.07. The second kappa shape index (κ2) is 17.2. The van der Waals surface area contributed by atoms with E-state index in [1.807, 2.05) is 20.8 Å². The van der Waals surface area contributed by atoms with E-state index in [1.54, 1.807) is 6.92 Å². The van der Waals surface area contributed by atoms with Crippen molar-refractivity contribution in [3.8, 4) is 0 Å². The van der Waals surface area contributed by atoms with Crippen LogP contribution >= 0.6 is 0 Å². The van der Waals surface area contributed by atoms with Crippen molar-refractivity contribution >= 4 is 29.5 Å². The summed E-state index contributed by atoms with van der Waals surface area (Å²) in [6.07, 6.45) is 2.28. The van der Waals surface area contributed by atoms with Gasteiger partial charge in [0.2, 0.25) is 17.7 Å². The first kappa shape index (κ1) is 29.5. The molecule has 0 aromatic rings. The molecule has 0 aliphatic carbocycles. The van der Waals surface area contributed by atoms with E-state index in [2.05, 4.69) is 15.6 Å². The Balaban J connectivity index is 0. The van der Waals surface area contributed by atoms with Gasteiger partial charge in [-0.2, -0.15) is 0 Å². The highest BCUT2D eigenvalue weighted by Crippen LogP contribution is 2.18. The van der Waals surface area contributed by atoms with Crippen LogP contribution in [0.5, 0.6) is 0 Å². The van der Waals surface area contributed by atoms with Crippen molar-refractivity contribution in [1.29, 1.82) is 0 Å². The normalized spacial score (nSPS) is 15.4. The Labute approximate surface area is 179 Å². The molecule has 1 heterocycles. The summed E-state index contributed by atoms with van der Waals surface area (Å²) in [6, 6.07) is -1.23. The number of carbonyl (C=O) groups is 4. The zero-order valence-corrected chi connectivity index (χ0v) is 18.9. The van der Waals surface area contributed by atoms with E-state index >= 15 is 0 Å².